The van der Waals surface area contributed by atoms with Gasteiger partial charge in [0.2, 0.25) is 15.9 Å². The maximum atomic E-state index is 13.7. The van der Waals surface area contributed by atoms with E-state index in [2.05, 4.69) is 30.0 Å². The molecular formula is C24H34N4O3S. The highest BCUT2D eigenvalue weighted by Crippen LogP contribution is 2.27. The van der Waals surface area contributed by atoms with Crippen molar-refractivity contribution in [1.82, 2.24) is 16.2 Å². The fourth-order valence-electron chi connectivity index (χ4n) is 4.12. The van der Waals surface area contributed by atoms with E-state index in [-0.39, 0.29) is 30.6 Å². The van der Waals surface area contributed by atoms with Crippen LogP contribution in [0.25, 0.3) is 0 Å². The van der Waals surface area contributed by atoms with Crippen LogP contribution in [0.1, 0.15) is 57.7 Å². The molecule has 3 rings (SSSR count). The third kappa shape index (κ3) is 5.31. The Bertz CT molecular complexity index is 999. The highest BCUT2D eigenvalue weighted by atomic mass is 32.2. The van der Waals surface area contributed by atoms with Gasteiger partial charge in [0, 0.05) is 12.1 Å². The molecule has 174 valence electrons. The second-order valence-electron chi connectivity index (χ2n) is 8.83. The van der Waals surface area contributed by atoms with E-state index in [0.717, 1.165) is 11.1 Å². The van der Waals surface area contributed by atoms with Crippen molar-refractivity contribution in [2.75, 3.05) is 10.8 Å². The largest absolute Gasteiger partial charge is 0.348 e. The Hall–Kier alpha value is -2.42. The number of carbonyl (C=O) groups excluding carboxylic acids is 1. The van der Waals surface area contributed by atoms with E-state index in [1.54, 1.807) is 12.1 Å². The van der Waals surface area contributed by atoms with E-state index in [4.69, 9.17) is 0 Å². The minimum Gasteiger partial charge on any atom is -0.348 e. The summed E-state index contributed by atoms with van der Waals surface area (Å²) in [7, 11) is -3.83. The van der Waals surface area contributed by atoms with E-state index >= 15 is 0 Å². The fourth-order valence-corrected chi connectivity index (χ4v) is 6.29. The number of amides is 1. The second-order valence-corrected chi connectivity index (χ2v) is 10.8. The average molecular weight is 459 g/mol. The smallest absolute Gasteiger partial charge is 0.241 e. The molecule has 7 nitrogen and oxygen atoms in total. The van der Waals surface area contributed by atoms with Crippen LogP contribution in [0.4, 0.5) is 5.69 Å². The number of sulfonamides is 1. The van der Waals surface area contributed by atoms with Gasteiger partial charge in [0.1, 0.15) is 11.8 Å². The van der Waals surface area contributed by atoms with Crippen molar-refractivity contribution < 1.29 is 13.2 Å². The SMILES string of the molecule is CC(C)c1ccc(N(CC(=O)NC(C)c2ccccc2)S(=O)(=O)C2C(C)NNC2C)cc1. The monoisotopic (exact) mass is 458 g/mol. The summed E-state index contributed by atoms with van der Waals surface area (Å²) in [5.74, 6) is -0.0236. The highest BCUT2D eigenvalue weighted by Gasteiger charge is 2.44. The molecule has 1 fully saturated rings. The minimum absolute atomic E-state index is 0.232. The number of rotatable bonds is 8. The van der Waals surface area contributed by atoms with Crippen LogP contribution in [-0.4, -0.2) is 38.2 Å². The van der Waals surface area contributed by atoms with Crippen molar-refractivity contribution in [3.8, 4) is 0 Å². The first-order chi connectivity index (χ1) is 15.1. The van der Waals surface area contributed by atoms with Crippen LogP contribution >= 0.6 is 0 Å². The Morgan fingerprint density at radius 3 is 2.03 bits per heavy atom. The lowest BCUT2D eigenvalue weighted by Crippen LogP contribution is -2.50. The second kappa shape index (κ2) is 10.0. The Morgan fingerprint density at radius 2 is 1.50 bits per heavy atom. The summed E-state index contributed by atoms with van der Waals surface area (Å²) in [4.78, 5) is 13.0. The summed E-state index contributed by atoms with van der Waals surface area (Å²) in [5, 5.41) is 2.23. The molecule has 0 radical (unpaired) electrons. The molecule has 0 bridgehead atoms. The molecule has 0 aromatic heterocycles. The molecule has 2 aromatic rings. The topological polar surface area (TPSA) is 90.5 Å². The molecular weight excluding hydrogens is 424 g/mol. The van der Waals surface area contributed by atoms with Gasteiger partial charge in [-0.25, -0.2) is 8.42 Å². The van der Waals surface area contributed by atoms with Crippen LogP contribution in [0.15, 0.2) is 54.6 Å². The van der Waals surface area contributed by atoms with E-state index in [1.807, 2.05) is 63.2 Å². The van der Waals surface area contributed by atoms with Gasteiger partial charge >= 0.3 is 0 Å². The molecule has 1 aliphatic heterocycles. The molecule has 0 spiro atoms. The fraction of sp³-hybridized carbons (Fsp3) is 0.458. The van der Waals surface area contributed by atoms with Gasteiger partial charge in [0.15, 0.2) is 0 Å². The summed E-state index contributed by atoms with van der Waals surface area (Å²) in [6.07, 6.45) is 0. The van der Waals surface area contributed by atoms with E-state index in [0.29, 0.717) is 11.6 Å². The summed E-state index contributed by atoms with van der Waals surface area (Å²) >= 11 is 0. The predicted octanol–water partition coefficient (Wildman–Crippen LogP) is 3.08. The molecule has 1 saturated heterocycles. The van der Waals surface area contributed by atoms with Crippen molar-refractivity contribution in [3.05, 3.63) is 65.7 Å². The number of hydrogen-bond acceptors (Lipinski definition) is 5. The number of nitrogens with one attached hydrogen (secondary N) is 3. The number of benzene rings is 2. The summed E-state index contributed by atoms with van der Waals surface area (Å²) in [5.41, 5.74) is 8.57. The lowest BCUT2D eigenvalue weighted by molar-refractivity contribution is -0.120. The third-order valence-corrected chi connectivity index (χ3v) is 8.45. The average Bonchev–Trinajstić information content (AvgIpc) is 3.11. The van der Waals surface area contributed by atoms with Crippen molar-refractivity contribution in [2.24, 2.45) is 0 Å². The van der Waals surface area contributed by atoms with E-state index in [1.165, 1.54) is 4.31 Å². The van der Waals surface area contributed by atoms with E-state index < -0.39 is 15.3 Å². The van der Waals surface area contributed by atoms with Crippen LogP contribution < -0.4 is 20.5 Å². The Morgan fingerprint density at radius 1 is 0.938 bits per heavy atom. The van der Waals surface area contributed by atoms with Crippen LogP contribution in [-0.2, 0) is 14.8 Å². The molecule has 8 heteroatoms. The molecule has 1 amide bonds. The summed E-state index contributed by atoms with van der Waals surface area (Å²) in [6.45, 7) is 9.43. The number of nitrogens with zero attached hydrogens (tertiary/aromatic N) is 1. The first-order valence-electron chi connectivity index (χ1n) is 11.1. The number of hydrazine groups is 1. The zero-order valence-corrected chi connectivity index (χ0v) is 20.2. The van der Waals surface area contributed by atoms with Crippen molar-refractivity contribution >= 4 is 21.6 Å². The molecule has 3 N–H and O–H groups in total. The van der Waals surface area contributed by atoms with Crippen molar-refractivity contribution in [2.45, 2.75) is 63.9 Å². The molecule has 32 heavy (non-hydrogen) atoms. The van der Waals surface area contributed by atoms with E-state index in [9.17, 15) is 13.2 Å². The standard InChI is InChI=1S/C24H34N4O3S/c1-16(2)20-11-13-22(14-12-20)28(32(30,31)24-18(4)26-27-19(24)5)15-23(29)25-17(3)21-9-7-6-8-10-21/h6-14,16-19,24,26-27H,15H2,1-5H3,(H,25,29). The zero-order valence-electron chi connectivity index (χ0n) is 19.4. The normalized spacial score (nSPS) is 22.0. The maximum Gasteiger partial charge on any atom is 0.241 e. The third-order valence-electron chi connectivity index (χ3n) is 5.99. The zero-order chi connectivity index (χ0) is 23.5. The summed E-state index contributed by atoms with van der Waals surface area (Å²) in [6, 6.07) is 16.2. The van der Waals surface area contributed by atoms with Gasteiger partial charge < -0.3 is 5.32 Å². The molecule has 1 heterocycles. The van der Waals surface area contributed by atoms with Crippen LogP contribution in [0, 0.1) is 0 Å². The van der Waals surface area contributed by atoms with Gasteiger partial charge in [-0.15, -0.1) is 0 Å². The summed E-state index contributed by atoms with van der Waals surface area (Å²) < 4.78 is 28.7. The molecule has 2 aromatic carbocycles. The van der Waals surface area contributed by atoms with Crippen molar-refractivity contribution in [3.63, 3.8) is 0 Å². The molecule has 1 aliphatic rings. The predicted molar refractivity (Wildman–Crippen MR) is 129 cm³/mol. The molecule has 3 unspecified atom stereocenters. The maximum absolute atomic E-state index is 13.7. The van der Waals surface area contributed by atoms with Gasteiger partial charge in [-0.1, -0.05) is 56.3 Å². The van der Waals surface area contributed by atoms with Gasteiger partial charge in [-0.2, -0.15) is 0 Å². The first kappa shape index (κ1) is 24.2. The first-order valence-corrected chi connectivity index (χ1v) is 12.6. The van der Waals surface area contributed by atoms with Crippen LogP contribution in [0.2, 0.25) is 0 Å². The van der Waals surface area contributed by atoms with Gasteiger partial charge in [0.05, 0.1) is 11.7 Å². The quantitative estimate of drug-likeness (QED) is 0.566. The Balaban J connectivity index is 1.89. The van der Waals surface area contributed by atoms with Gasteiger partial charge in [-0.05, 0) is 49.9 Å². The lowest BCUT2D eigenvalue weighted by Gasteiger charge is -2.30. The molecule has 0 aliphatic carbocycles. The van der Waals surface area contributed by atoms with Gasteiger partial charge in [-0.3, -0.25) is 20.0 Å². The van der Waals surface area contributed by atoms with Crippen LogP contribution in [0.5, 0.6) is 0 Å². The minimum atomic E-state index is -3.83. The highest BCUT2D eigenvalue weighted by molar-refractivity contribution is 7.93. The molecule has 0 saturated carbocycles. The lowest BCUT2D eigenvalue weighted by atomic mass is 10.0. The van der Waals surface area contributed by atoms with Gasteiger partial charge in [0.25, 0.3) is 0 Å². The number of carbonyl (C=O) groups is 1. The Kier molecular flexibility index (Phi) is 7.59. The Labute approximate surface area is 191 Å². The molecule has 3 atom stereocenters. The number of hydrogen-bond donors (Lipinski definition) is 3. The van der Waals surface area contributed by atoms with Crippen LogP contribution in [0.3, 0.4) is 0 Å². The number of anilines is 1. The van der Waals surface area contributed by atoms with Crippen molar-refractivity contribution in [1.29, 1.82) is 0 Å².